The number of halogens is 2. The van der Waals surface area contributed by atoms with Gasteiger partial charge in [0.1, 0.15) is 11.5 Å². The summed E-state index contributed by atoms with van der Waals surface area (Å²) < 4.78 is 34.6. The van der Waals surface area contributed by atoms with Gasteiger partial charge in [0.25, 0.3) is 5.91 Å². The number of benzene rings is 2. The molecule has 0 fully saturated rings. The van der Waals surface area contributed by atoms with Gasteiger partial charge in [-0.25, -0.2) is 0 Å². The van der Waals surface area contributed by atoms with Gasteiger partial charge >= 0.3 is 6.61 Å². The fourth-order valence-corrected chi connectivity index (χ4v) is 2.49. The van der Waals surface area contributed by atoms with E-state index in [1.165, 1.54) is 17.7 Å². The van der Waals surface area contributed by atoms with Gasteiger partial charge in [0.15, 0.2) is 6.61 Å². The van der Waals surface area contributed by atoms with Gasteiger partial charge in [0.2, 0.25) is 0 Å². The van der Waals surface area contributed by atoms with Gasteiger partial charge < -0.3 is 14.8 Å². The molecule has 6 heteroatoms. The van der Waals surface area contributed by atoms with Crippen LogP contribution in [0.2, 0.25) is 0 Å². The van der Waals surface area contributed by atoms with Crippen LogP contribution in [0.15, 0.2) is 42.5 Å². The summed E-state index contributed by atoms with van der Waals surface area (Å²) in [6, 6.07) is 11.7. The van der Waals surface area contributed by atoms with Gasteiger partial charge in [-0.3, -0.25) is 4.79 Å². The zero-order valence-electron chi connectivity index (χ0n) is 14.4. The van der Waals surface area contributed by atoms with Gasteiger partial charge in [-0.1, -0.05) is 32.0 Å². The summed E-state index contributed by atoms with van der Waals surface area (Å²) in [5.74, 6) is 0.428. The Bertz CT molecular complexity index is 732. The lowest BCUT2D eigenvalue weighted by atomic mass is 9.98. The average molecular weight is 349 g/mol. The van der Waals surface area contributed by atoms with Crippen molar-refractivity contribution in [1.82, 2.24) is 0 Å². The molecule has 0 aliphatic heterocycles. The number of alkyl halides is 2. The van der Waals surface area contributed by atoms with Crippen molar-refractivity contribution in [2.45, 2.75) is 33.3 Å². The molecular weight excluding hydrogens is 328 g/mol. The van der Waals surface area contributed by atoms with E-state index in [0.29, 0.717) is 11.7 Å². The van der Waals surface area contributed by atoms with Crippen molar-refractivity contribution in [2.75, 3.05) is 11.9 Å². The number of ether oxygens (including phenoxy) is 2. The van der Waals surface area contributed by atoms with E-state index in [2.05, 4.69) is 23.9 Å². The molecule has 0 radical (unpaired) electrons. The normalized spacial score (nSPS) is 10.8. The van der Waals surface area contributed by atoms with Gasteiger partial charge in [0.05, 0.1) is 5.69 Å². The standard InChI is InChI=1S/C19H21F2NO3/c1-12(2)15-9-8-14(10-13(15)3)24-11-18(23)22-16-6-4-5-7-17(16)25-19(20)21/h4-10,12,19H,11H2,1-3H3,(H,22,23). The predicted octanol–water partition coefficient (Wildman–Crippen LogP) is 4.74. The minimum Gasteiger partial charge on any atom is -0.484 e. The second-order valence-corrected chi connectivity index (χ2v) is 5.88. The van der Waals surface area contributed by atoms with Gasteiger partial charge in [-0.2, -0.15) is 8.78 Å². The molecule has 0 saturated carbocycles. The van der Waals surface area contributed by atoms with Gasteiger partial charge in [-0.05, 0) is 48.2 Å². The van der Waals surface area contributed by atoms with Crippen LogP contribution in [0.1, 0.15) is 30.9 Å². The van der Waals surface area contributed by atoms with Crippen LogP contribution in [-0.4, -0.2) is 19.1 Å². The van der Waals surface area contributed by atoms with Crippen LogP contribution in [0, 0.1) is 6.92 Å². The summed E-state index contributed by atoms with van der Waals surface area (Å²) >= 11 is 0. The third kappa shape index (κ3) is 5.45. The van der Waals surface area contributed by atoms with E-state index in [0.717, 1.165) is 5.56 Å². The van der Waals surface area contributed by atoms with Crippen molar-refractivity contribution < 1.29 is 23.0 Å². The molecule has 4 nitrogen and oxygen atoms in total. The molecule has 25 heavy (non-hydrogen) atoms. The number of para-hydroxylation sites is 2. The molecule has 2 rings (SSSR count). The van der Waals surface area contributed by atoms with Crippen LogP contribution in [0.3, 0.4) is 0 Å². The third-order valence-corrected chi connectivity index (χ3v) is 3.61. The molecule has 0 heterocycles. The van der Waals surface area contributed by atoms with E-state index < -0.39 is 12.5 Å². The number of hydrogen-bond donors (Lipinski definition) is 1. The lowest BCUT2D eigenvalue weighted by Gasteiger charge is -2.13. The van der Waals surface area contributed by atoms with Crippen LogP contribution in [0.4, 0.5) is 14.5 Å². The Balaban J connectivity index is 1.96. The Labute approximate surface area is 145 Å². The first-order valence-corrected chi connectivity index (χ1v) is 7.94. The van der Waals surface area contributed by atoms with Crippen LogP contribution in [0.5, 0.6) is 11.5 Å². The summed E-state index contributed by atoms with van der Waals surface area (Å²) in [7, 11) is 0. The van der Waals surface area contributed by atoms with E-state index in [1.54, 1.807) is 12.1 Å². The fraction of sp³-hybridized carbons (Fsp3) is 0.316. The lowest BCUT2D eigenvalue weighted by molar-refractivity contribution is -0.118. The number of rotatable bonds is 7. The second-order valence-electron chi connectivity index (χ2n) is 5.88. The average Bonchev–Trinajstić information content (AvgIpc) is 2.54. The maximum absolute atomic E-state index is 12.4. The molecular formula is C19H21F2NO3. The SMILES string of the molecule is Cc1cc(OCC(=O)Nc2ccccc2OC(F)F)ccc1C(C)C. The van der Waals surface area contributed by atoms with E-state index in [1.807, 2.05) is 25.1 Å². The Hall–Kier alpha value is -2.63. The molecule has 0 atom stereocenters. The highest BCUT2D eigenvalue weighted by molar-refractivity contribution is 5.93. The van der Waals surface area contributed by atoms with E-state index >= 15 is 0 Å². The second kappa shape index (κ2) is 8.46. The van der Waals surface area contributed by atoms with Crippen molar-refractivity contribution in [3.05, 3.63) is 53.6 Å². The van der Waals surface area contributed by atoms with Crippen molar-refractivity contribution in [2.24, 2.45) is 0 Å². The zero-order valence-corrected chi connectivity index (χ0v) is 14.4. The number of carbonyl (C=O) groups is 1. The smallest absolute Gasteiger partial charge is 0.387 e. The van der Waals surface area contributed by atoms with E-state index in [-0.39, 0.29) is 18.0 Å². The molecule has 0 aliphatic rings. The zero-order chi connectivity index (χ0) is 18.4. The van der Waals surface area contributed by atoms with Crippen LogP contribution < -0.4 is 14.8 Å². The number of carbonyl (C=O) groups excluding carboxylic acids is 1. The maximum Gasteiger partial charge on any atom is 0.387 e. The highest BCUT2D eigenvalue weighted by Crippen LogP contribution is 2.26. The van der Waals surface area contributed by atoms with Crippen molar-refractivity contribution >= 4 is 11.6 Å². The number of nitrogens with one attached hydrogen (secondary N) is 1. The third-order valence-electron chi connectivity index (χ3n) is 3.61. The largest absolute Gasteiger partial charge is 0.484 e. The first kappa shape index (κ1) is 18.7. The molecule has 2 aromatic carbocycles. The minimum atomic E-state index is -2.96. The molecule has 2 aromatic rings. The quantitative estimate of drug-likeness (QED) is 0.785. The molecule has 0 aliphatic carbocycles. The van der Waals surface area contributed by atoms with E-state index in [4.69, 9.17) is 4.74 Å². The summed E-state index contributed by atoms with van der Waals surface area (Å²) in [6.07, 6.45) is 0. The number of amides is 1. The molecule has 0 saturated heterocycles. The van der Waals surface area contributed by atoms with Crippen molar-refractivity contribution in [3.8, 4) is 11.5 Å². The topological polar surface area (TPSA) is 47.6 Å². The molecule has 0 spiro atoms. The summed E-state index contributed by atoms with van der Waals surface area (Å²) in [5.41, 5.74) is 2.47. The van der Waals surface area contributed by atoms with Gasteiger partial charge in [-0.15, -0.1) is 0 Å². The predicted molar refractivity (Wildman–Crippen MR) is 92.5 cm³/mol. The first-order chi connectivity index (χ1) is 11.9. The van der Waals surface area contributed by atoms with E-state index in [9.17, 15) is 13.6 Å². The van der Waals surface area contributed by atoms with Crippen molar-refractivity contribution in [1.29, 1.82) is 0 Å². The monoisotopic (exact) mass is 349 g/mol. The fourth-order valence-electron chi connectivity index (χ4n) is 2.49. The number of aryl methyl sites for hydroxylation is 1. The Morgan fingerprint density at radius 1 is 1.16 bits per heavy atom. The van der Waals surface area contributed by atoms with Crippen molar-refractivity contribution in [3.63, 3.8) is 0 Å². The number of anilines is 1. The molecule has 0 aromatic heterocycles. The minimum absolute atomic E-state index is 0.0945. The Kier molecular flexibility index (Phi) is 6.33. The summed E-state index contributed by atoms with van der Waals surface area (Å²) in [4.78, 5) is 12.0. The molecule has 0 unspecified atom stereocenters. The summed E-state index contributed by atoms with van der Waals surface area (Å²) in [6.45, 7) is 3.01. The molecule has 0 bridgehead atoms. The highest BCUT2D eigenvalue weighted by atomic mass is 19.3. The highest BCUT2D eigenvalue weighted by Gasteiger charge is 2.12. The van der Waals surface area contributed by atoms with Crippen LogP contribution in [-0.2, 0) is 4.79 Å². The van der Waals surface area contributed by atoms with Gasteiger partial charge in [0, 0.05) is 0 Å². The maximum atomic E-state index is 12.4. The lowest BCUT2D eigenvalue weighted by Crippen LogP contribution is -2.21. The van der Waals surface area contributed by atoms with Crippen LogP contribution >= 0.6 is 0 Å². The van der Waals surface area contributed by atoms with Crippen LogP contribution in [0.25, 0.3) is 0 Å². The molecule has 1 N–H and O–H groups in total. The Morgan fingerprint density at radius 3 is 2.52 bits per heavy atom. The Morgan fingerprint density at radius 2 is 1.88 bits per heavy atom. The number of hydrogen-bond acceptors (Lipinski definition) is 3. The summed E-state index contributed by atoms with van der Waals surface area (Å²) in [5, 5.41) is 2.51. The first-order valence-electron chi connectivity index (χ1n) is 7.94. The molecule has 1 amide bonds. The molecule has 134 valence electrons.